The minimum absolute atomic E-state index is 0.125. The topological polar surface area (TPSA) is 69.8 Å². The molecule has 0 aliphatic rings. The second kappa shape index (κ2) is 11.1. The second-order valence-corrected chi connectivity index (χ2v) is 8.31. The Kier molecular flexibility index (Phi) is 8.20. The summed E-state index contributed by atoms with van der Waals surface area (Å²) < 4.78 is 3.23. The van der Waals surface area contributed by atoms with Gasteiger partial charge in [-0.15, -0.1) is 0 Å². The lowest BCUT2D eigenvalue weighted by molar-refractivity contribution is 0.0958. The number of allylic oxidation sites excluding steroid dienone is 2. The minimum Gasteiger partial charge on any atom is -0.276 e. The zero-order valence-electron chi connectivity index (χ0n) is 22.4. The lowest BCUT2D eigenvalue weighted by Gasteiger charge is -2.13. The van der Waals surface area contributed by atoms with Crippen molar-refractivity contribution in [2.75, 3.05) is 0 Å². The molecule has 0 bridgehead atoms. The third-order valence-electron chi connectivity index (χ3n) is 5.95. The molecular formula is C30H34N4O2. The van der Waals surface area contributed by atoms with Gasteiger partial charge in [0.25, 0.3) is 11.5 Å². The molecule has 186 valence electrons. The fraction of sp³-hybridized carbons (Fsp3) is 0.267. The van der Waals surface area contributed by atoms with E-state index >= 15 is 0 Å². The van der Waals surface area contributed by atoms with Crippen molar-refractivity contribution in [2.24, 2.45) is 0 Å². The molecule has 0 spiro atoms. The van der Waals surface area contributed by atoms with E-state index < -0.39 is 0 Å². The van der Waals surface area contributed by atoms with Crippen LogP contribution in [-0.4, -0.2) is 25.0 Å². The van der Waals surface area contributed by atoms with Gasteiger partial charge in [-0.3, -0.25) is 23.7 Å². The average Bonchev–Trinajstić information content (AvgIpc) is 3.33. The molecule has 36 heavy (non-hydrogen) atoms. The zero-order valence-corrected chi connectivity index (χ0v) is 22.4. The van der Waals surface area contributed by atoms with Crippen LogP contribution in [0.15, 0.2) is 77.0 Å². The van der Waals surface area contributed by atoms with Gasteiger partial charge in [-0.2, -0.15) is 0 Å². The van der Waals surface area contributed by atoms with E-state index in [1.54, 1.807) is 27.5 Å². The Balaban J connectivity index is 0.000000861. The van der Waals surface area contributed by atoms with Crippen LogP contribution in [0.25, 0.3) is 38.5 Å². The number of nitrogens with zero attached hydrogens (tertiary/aromatic N) is 4. The molecule has 0 aliphatic heterocycles. The van der Waals surface area contributed by atoms with Gasteiger partial charge >= 0.3 is 0 Å². The van der Waals surface area contributed by atoms with Gasteiger partial charge in [0.2, 0.25) is 0 Å². The lowest BCUT2D eigenvalue weighted by atomic mass is 10.1. The third kappa shape index (κ3) is 4.71. The van der Waals surface area contributed by atoms with Crippen molar-refractivity contribution in [1.82, 2.24) is 19.1 Å². The van der Waals surface area contributed by atoms with E-state index in [0.29, 0.717) is 22.3 Å². The molecule has 3 aromatic heterocycles. The summed E-state index contributed by atoms with van der Waals surface area (Å²) >= 11 is 0. The summed E-state index contributed by atoms with van der Waals surface area (Å²) in [6.07, 6.45) is 3.32. The second-order valence-electron chi connectivity index (χ2n) is 8.31. The van der Waals surface area contributed by atoms with Crippen LogP contribution in [0.5, 0.6) is 0 Å². The maximum Gasteiger partial charge on any atom is 0.259 e. The number of aromatic nitrogens is 4. The van der Waals surface area contributed by atoms with E-state index in [-0.39, 0.29) is 11.5 Å². The molecule has 0 atom stereocenters. The van der Waals surface area contributed by atoms with Gasteiger partial charge < -0.3 is 0 Å². The van der Waals surface area contributed by atoms with Crippen molar-refractivity contribution >= 4 is 38.7 Å². The number of rotatable bonds is 2. The van der Waals surface area contributed by atoms with Crippen LogP contribution in [0.4, 0.5) is 0 Å². The predicted octanol–water partition coefficient (Wildman–Crippen LogP) is 7.25. The molecule has 6 heteroatoms. The summed E-state index contributed by atoms with van der Waals surface area (Å²) in [6.45, 7) is 15.7. The average molecular weight is 483 g/mol. The van der Waals surface area contributed by atoms with Gasteiger partial charge in [-0.1, -0.05) is 44.9 Å². The number of pyridine rings is 2. The van der Waals surface area contributed by atoms with E-state index in [1.807, 2.05) is 91.8 Å². The van der Waals surface area contributed by atoms with Crippen LogP contribution in [0, 0.1) is 6.92 Å². The zero-order chi connectivity index (χ0) is 26.6. The fourth-order valence-corrected chi connectivity index (χ4v) is 3.97. The summed E-state index contributed by atoms with van der Waals surface area (Å²) in [6, 6.07) is 14.9. The number of aryl methyl sites for hydroxylation is 1. The molecule has 6 nitrogen and oxygen atoms in total. The number of hydrogen-bond acceptors (Lipinski definition) is 4. The largest absolute Gasteiger partial charge is 0.276 e. The van der Waals surface area contributed by atoms with Crippen molar-refractivity contribution in [2.45, 2.75) is 55.4 Å². The molecule has 0 amide bonds. The quantitative estimate of drug-likeness (QED) is 0.196. The molecule has 3 heterocycles. The Bertz CT molecular complexity index is 1650. The molecule has 0 saturated carbocycles. The van der Waals surface area contributed by atoms with Crippen molar-refractivity contribution < 1.29 is 4.79 Å². The monoisotopic (exact) mass is 482 g/mol. The lowest BCUT2D eigenvalue weighted by Crippen LogP contribution is -2.18. The Morgan fingerprint density at radius 2 is 1.53 bits per heavy atom. The van der Waals surface area contributed by atoms with Crippen molar-refractivity contribution in [3.05, 3.63) is 88.1 Å². The van der Waals surface area contributed by atoms with Crippen LogP contribution in [0.1, 0.15) is 58.8 Å². The molecule has 0 fully saturated rings. The van der Waals surface area contributed by atoms with Gasteiger partial charge in [-0.05, 0) is 64.1 Å². The van der Waals surface area contributed by atoms with E-state index in [2.05, 4.69) is 9.97 Å². The molecule has 2 aromatic carbocycles. The Hall–Kier alpha value is -4.06. The maximum atomic E-state index is 13.1. The first-order chi connectivity index (χ1) is 17.3. The predicted molar refractivity (Wildman–Crippen MR) is 150 cm³/mol. The number of carbonyl (C=O) groups excluding carboxylic acids is 1. The number of hydrogen-bond donors (Lipinski definition) is 0. The standard InChI is InChI=1S/C26H22N4O2.2C2H6/c1-15(2)17(4)26(32)29-14-28-22-9-7-19(12-23(22)29)30-24(31)10-6-18-13-27-21-8-5-16(3)11-20(21)25(18)30;2*1-2/h5-14H,1-4H3;2*1-2H3. The normalized spacial score (nSPS) is 10.4. The summed E-state index contributed by atoms with van der Waals surface area (Å²) in [5.41, 5.74) is 6.20. The highest BCUT2D eigenvalue weighted by Gasteiger charge is 2.16. The summed E-state index contributed by atoms with van der Waals surface area (Å²) in [5.74, 6) is -0.125. The number of benzene rings is 2. The van der Waals surface area contributed by atoms with Crippen molar-refractivity contribution in [3.8, 4) is 5.69 Å². The van der Waals surface area contributed by atoms with Crippen LogP contribution in [-0.2, 0) is 0 Å². The van der Waals surface area contributed by atoms with Crippen molar-refractivity contribution in [3.63, 3.8) is 0 Å². The fourth-order valence-electron chi connectivity index (χ4n) is 3.97. The van der Waals surface area contributed by atoms with E-state index in [0.717, 1.165) is 32.9 Å². The Morgan fingerprint density at radius 3 is 2.22 bits per heavy atom. The van der Waals surface area contributed by atoms with E-state index in [1.165, 1.54) is 6.33 Å². The summed E-state index contributed by atoms with van der Waals surface area (Å²) in [4.78, 5) is 35.0. The first-order valence-electron chi connectivity index (χ1n) is 12.4. The smallest absolute Gasteiger partial charge is 0.259 e. The molecule has 5 aromatic rings. The molecule has 0 unspecified atom stereocenters. The number of carbonyl (C=O) groups is 1. The number of imidazole rings is 1. The first-order valence-corrected chi connectivity index (χ1v) is 12.4. The van der Waals surface area contributed by atoms with Gasteiger partial charge in [0, 0.05) is 28.6 Å². The molecular weight excluding hydrogens is 448 g/mol. The Morgan fingerprint density at radius 1 is 0.833 bits per heavy atom. The van der Waals surface area contributed by atoms with Gasteiger partial charge in [-0.25, -0.2) is 4.98 Å². The molecule has 0 saturated heterocycles. The van der Waals surface area contributed by atoms with Crippen LogP contribution >= 0.6 is 0 Å². The highest BCUT2D eigenvalue weighted by atomic mass is 16.2. The Labute approximate surface area is 211 Å². The third-order valence-corrected chi connectivity index (χ3v) is 5.95. The van der Waals surface area contributed by atoms with Crippen LogP contribution in [0.3, 0.4) is 0 Å². The van der Waals surface area contributed by atoms with Gasteiger partial charge in [0.05, 0.1) is 27.8 Å². The molecule has 0 N–H and O–H groups in total. The molecule has 0 aliphatic carbocycles. The van der Waals surface area contributed by atoms with Gasteiger partial charge in [0.15, 0.2) is 0 Å². The van der Waals surface area contributed by atoms with Crippen LogP contribution in [0.2, 0.25) is 0 Å². The van der Waals surface area contributed by atoms with Gasteiger partial charge in [0.1, 0.15) is 6.33 Å². The molecule has 5 rings (SSSR count). The highest BCUT2D eigenvalue weighted by Crippen LogP contribution is 2.27. The molecule has 0 radical (unpaired) electrons. The van der Waals surface area contributed by atoms with Crippen molar-refractivity contribution in [1.29, 1.82) is 0 Å². The van der Waals surface area contributed by atoms with E-state index in [4.69, 9.17) is 0 Å². The number of fused-ring (bicyclic) bond motifs is 4. The minimum atomic E-state index is -0.149. The summed E-state index contributed by atoms with van der Waals surface area (Å²) in [7, 11) is 0. The summed E-state index contributed by atoms with van der Waals surface area (Å²) in [5, 5.41) is 1.78. The first kappa shape index (κ1) is 26.5. The van der Waals surface area contributed by atoms with Crippen LogP contribution < -0.4 is 5.56 Å². The van der Waals surface area contributed by atoms with E-state index in [9.17, 15) is 9.59 Å². The highest BCUT2D eigenvalue weighted by molar-refractivity contribution is 6.04. The maximum absolute atomic E-state index is 13.1. The SMILES string of the molecule is CC.CC.CC(C)=C(C)C(=O)n1cnc2ccc(-n3c(=O)ccc4cnc5ccc(C)cc5c43)cc21.